The Morgan fingerprint density at radius 1 is 1.00 bits per heavy atom. The number of cyclic esters (lactones) is 1. The zero-order valence-corrected chi connectivity index (χ0v) is 17.4. The van der Waals surface area contributed by atoms with Crippen LogP contribution in [-0.2, 0) is 28.9 Å². The highest BCUT2D eigenvalue weighted by atomic mass is 16.6. The zero-order chi connectivity index (χ0) is 21.4. The molecule has 5 rings (SSSR count). The molecule has 1 unspecified atom stereocenters. The fraction of sp³-hybridized carbons (Fsp3) is 0.231. The number of nitrogens with zero attached hydrogens (tertiary/aromatic N) is 1. The summed E-state index contributed by atoms with van der Waals surface area (Å²) in [6.45, 7) is 3.33. The fourth-order valence-electron chi connectivity index (χ4n) is 4.47. The first kappa shape index (κ1) is 19.4. The fourth-order valence-corrected chi connectivity index (χ4v) is 4.47. The van der Waals surface area contributed by atoms with Gasteiger partial charge in [0.1, 0.15) is 0 Å². The maximum Gasteiger partial charge on any atom is 0.339 e. The molecule has 3 aromatic carbocycles. The Morgan fingerprint density at radius 2 is 1.71 bits per heavy atom. The number of carbonyl (C=O) groups is 2. The van der Waals surface area contributed by atoms with Gasteiger partial charge in [0.25, 0.3) is 5.91 Å². The number of carbonyl (C=O) groups excluding carboxylic acids is 2. The lowest BCUT2D eigenvalue weighted by atomic mass is 9.89. The Bertz CT molecular complexity index is 1170. The van der Waals surface area contributed by atoms with E-state index >= 15 is 0 Å². The molecular formula is C26H24N2O3. The predicted octanol–water partition coefficient (Wildman–Crippen LogP) is 4.36. The summed E-state index contributed by atoms with van der Waals surface area (Å²) in [6, 6.07) is 23.5. The SMILES string of the molecule is CC1(C(=O)Nc2ccccc2CN2CCc3ccccc32)Cc2ccccc2C(=O)O1. The van der Waals surface area contributed by atoms with E-state index in [1.165, 1.54) is 11.3 Å². The molecule has 5 nitrogen and oxygen atoms in total. The number of amides is 1. The molecule has 1 amide bonds. The minimum Gasteiger partial charge on any atom is -0.445 e. The summed E-state index contributed by atoms with van der Waals surface area (Å²) in [6.07, 6.45) is 1.38. The van der Waals surface area contributed by atoms with E-state index in [-0.39, 0.29) is 5.91 Å². The van der Waals surface area contributed by atoms with Crippen LogP contribution in [0.25, 0.3) is 0 Å². The van der Waals surface area contributed by atoms with Gasteiger partial charge in [-0.3, -0.25) is 4.79 Å². The quantitative estimate of drug-likeness (QED) is 0.647. The molecule has 3 aromatic rings. The predicted molar refractivity (Wildman–Crippen MR) is 120 cm³/mol. The molecule has 0 saturated heterocycles. The number of para-hydroxylation sites is 2. The molecule has 2 heterocycles. The van der Waals surface area contributed by atoms with Crippen LogP contribution in [0.3, 0.4) is 0 Å². The highest BCUT2D eigenvalue weighted by molar-refractivity contribution is 6.02. The summed E-state index contributed by atoms with van der Waals surface area (Å²) in [7, 11) is 0. The van der Waals surface area contributed by atoms with Crippen LogP contribution in [0.15, 0.2) is 72.8 Å². The molecule has 0 radical (unpaired) electrons. The topological polar surface area (TPSA) is 58.6 Å². The Morgan fingerprint density at radius 3 is 2.58 bits per heavy atom. The van der Waals surface area contributed by atoms with Crippen molar-refractivity contribution in [2.45, 2.75) is 31.9 Å². The number of rotatable bonds is 4. The van der Waals surface area contributed by atoms with E-state index in [1.807, 2.05) is 36.4 Å². The Labute approximate surface area is 181 Å². The van der Waals surface area contributed by atoms with Gasteiger partial charge in [-0.2, -0.15) is 0 Å². The first-order chi connectivity index (χ1) is 15.0. The number of anilines is 2. The number of fused-ring (bicyclic) bond motifs is 2. The van der Waals surface area contributed by atoms with Crippen molar-refractivity contribution < 1.29 is 14.3 Å². The third kappa shape index (κ3) is 3.56. The molecule has 2 aliphatic rings. The van der Waals surface area contributed by atoms with Crippen LogP contribution < -0.4 is 10.2 Å². The monoisotopic (exact) mass is 412 g/mol. The smallest absolute Gasteiger partial charge is 0.339 e. The Kier molecular flexibility index (Phi) is 4.74. The normalized spacial score (nSPS) is 19.4. The van der Waals surface area contributed by atoms with E-state index in [0.29, 0.717) is 18.5 Å². The van der Waals surface area contributed by atoms with Crippen LogP contribution in [0, 0.1) is 0 Å². The van der Waals surface area contributed by atoms with Crippen molar-refractivity contribution in [2.75, 3.05) is 16.8 Å². The molecule has 0 bridgehead atoms. The van der Waals surface area contributed by atoms with E-state index in [0.717, 1.165) is 29.8 Å². The number of nitrogens with one attached hydrogen (secondary N) is 1. The van der Waals surface area contributed by atoms with Crippen molar-refractivity contribution in [3.05, 3.63) is 95.1 Å². The van der Waals surface area contributed by atoms with E-state index in [2.05, 4.69) is 34.5 Å². The van der Waals surface area contributed by atoms with Gasteiger partial charge >= 0.3 is 5.97 Å². The molecule has 1 N–H and O–H groups in total. The van der Waals surface area contributed by atoms with Gasteiger partial charge < -0.3 is 15.0 Å². The molecule has 0 saturated carbocycles. The minimum absolute atomic E-state index is 0.315. The van der Waals surface area contributed by atoms with Crippen LogP contribution in [0.4, 0.5) is 11.4 Å². The van der Waals surface area contributed by atoms with Crippen molar-refractivity contribution in [1.29, 1.82) is 0 Å². The molecule has 2 aliphatic heterocycles. The summed E-state index contributed by atoms with van der Waals surface area (Å²) in [5.41, 5.74) is 4.47. The van der Waals surface area contributed by atoms with Gasteiger partial charge in [-0.05, 0) is 48.2 Å². The van der Waals surface area contributed by atoms with Gasteiger partial charge in [0.15, 0.2) is 5.60 Å². The van der Waals surface area contributed by atoms with Crippen LogP contribution in [0.2, 0.25) is 0 Å². The largest absolute Gasteiger partial charge is 0.445 e. The van der Waals surface area contributed by atoms with E-state index in [1.54, 1.807) is 19.1 Å². The summed E-state index contributed by atoms with van der Waals surface area (Å²) in [4.78, 5) is 28.0. The maximum absolute atomic E-state index is 13.2. The molecule has 0 fully saturated rings. The van der Waals surface area contributed by atoms with Gasteiger partial charge in [0.05, 0.1) is 5.56 Å². The van der Waals surface area contributed by atoms with Gasteiger partial charge in [0, 0.05) is 30.9 Å². The van der Waals surface area contributed by atoms with Gasteiger partial charge in [-0.15, -0.1) is 0 Å². The number of hydrogen-bond donors (Lipinski definition) is 1. The second-order valence-electron chi connectivity index (χ2n) is 8.37. The lowest BCUT2D eigenvalue weighted by Gasteiger charge is -2.33. The lowest BCUT2D eigenvalue weighted by molar-refractivity contribution is -0.134. The first-order valence-electron chi connectivity index (χ1n) is 10.6. The molecule has 1 atom stereocenters. The summed E-state index contributed by atoms with van der Waals surface area (Å²) in [5.74, 6) is -0.772. The Hall–Kier alpha value is -3.60. The Balaban J connectivity index is 1.37. The third-order valence-electron chi connectivity index (χ3n) is 6.17. The average Bonchev–Trinajstić information content (AvgIpc) is 3.18. The molecule has 0 aromatic heterocycles. The van der Waals surface area contributed by atoms with Crippen molar-refractivity contribution in [1.82, 2.24) is 0 Å². The standard InChI is InChI=1S/C26H24N2O3/c1-26(16-19-9-2-5-11-21(19)24(29)31-26)25(30)27-22-12-6-3-10-20(22)17-28-15-14-18-8-4-7-13-23(18)28/h2-13H,14-17H2,1H3,(H,27,30). The van der Waals surface area contributed by atoms with E-state index in [4.69, 9.17) is 4.74 Å². The zero-order valence-electron chi connectivity index (χ0n) is 17.4. The second-order valence-corrected chi connectivity index (χ2v) is 8.37. The number of esters is 1. The van der Waals surface area contributed by atoms with Crippen LogP contribution in [0.5, 0.6) is 0 Å². The molecular weight excluding hydrogens is 388 g/mol. The summed E-state index contributed by atoms with van der Waals surface area (Å²) >= 11 is 0. The first-order valence-corrected chi connectivity index (χ1v) is 10.6. The van der Waals surface area contributed by atoms with Crippen LogP contribution in [-0.4, -0.2) is 24.0 Å². The number of benzene rings is 3. The van der Waals surface area contributed by atoms with Crippen LogP contribution in [0.1, 0.15) is 34.0 Å². The third-order valence-corrected chi connectivity index (χ3v) is 6.17. The number of ether oxygens (including phenoxy) is 1. The van der Waals surface area contributed by atoms with Crippen LogP contribution >= 0.6 is 0 Å². The van der Waals surface area contributed by atoms with Gasteiger partial charge in [0.2, 0.25) is 0 Å². The molecule has 0 aliphatic carbocycles. The van der Waals surface area contributed by atoms with E-state index in [9.17, 15) is 9.59 Å². The minimum atomic E-state index is -1.25. The number of hydrogen-bond acceptors (Lipinski definition) is 4. The van der Waals surface area contributed by atoms with Crippen molar-refractivity contribution in [3.63, 3.8) is 0 Å². The molecule has 0 spiro atoms. The molecule has 31 heavy (non-hydrogen) atoms. The van der Waals surface area contributed by atoms with Crippen molar-refractivity contribution in [3.8, 4) is 0 Å². The van der Waals surface area contributed by atoms with E-state index < -0.39 is 11.6 Å². The van der Waals surface area contributed by atoms with Gasteiger partial charge in [-0.25, -0.2) is 4.79 Å². The van der Waals surface area contributed by atoms with Crippen molar-refractivity contribution >= 4 is 23.3 Å². The summed E-state index contributed by atoms with van der Waals surface area (Å²) < 4.78 is 5.59. The van der Waals surface area contributed by atoms with Gasteiger partial charge in [-0.1, -0.05) is 54.6 Å². The summed E-state index contributed by atoms with van der Waals surface area (Å²) in [5, 5.41) is 3.03. The highest BCUT2D eigenvalue weighted by Crippen LogP contribution is 2.32. The maximum atomic E-state index is 13.2. The molecule has 156 valence electrons. The molecule has 5 heteroatoms. The second kappa shape index (κ2) is 7.58. The average molecular weight is 412 g/mol. The van der Waals surface area contributed by atoms with Crippen molar-refractivity contribution in [2.24, 2.45) is 0 Å². The highest BCUT2D eigenvalue weighted by Gasteiger charge is 2.42. The lowest BCUT2D eigenvalue weighted by Crippen LogP contribution is -2.49.